The fraction of sp³-hybridized carbons (Fsp3) is 0.172. The lowest BCUT2D eigenvalue weighted by atomic mass is 10.2. The van der Waals surface area contributed by atoms with E-state index >= 15 is 0 Å². The number of imidazole rings is 2. The van der Waals surface area contributed by atoms with Gasteiger partial charge in [0.1, 0.15) is 11.6 Å². The van der Waals surface area contributed by atoms with Gasteiger partial charge in [-0.2, -0.15) is 0 Å². The van der Waals surface area contributed by atoms with Gasteiger partial charge in [-0.3, -0.25) is 4.90 Å². The summed E-state index contributed by atoms with van der Waals surface area (Å²) < 4.78 is 4.41. The van der Waals surface area contributed by atoms with Gasteiger partial charge in [0.2, 0.25) is 0 Å². The molecule has 39 heavy (non-hydrogen) atoms. The van der Waals surface area contributed by atoms with E-state index in [-0.39, 0.29) is 37.2 Å². The van der Waals surface area contributed by atoms with Crippen molar-refractivity contribution in [2.45, 2.75) is 19.6 Å². The van der Waals surface area contributed by atoms with Gasteiger partial charge in [0.25, 0.3) is 0 Å². The number of hydrogen-bond acceptors (Lipinski definition) is 3. The number of rotatable bonds is 10. The summed E-state index contributed by atoms with van der Waals surface area (Å²) in [7, 11) is 0. The maximum Gasteiger partial charge on any atom is 0.139 e. The zero-order valence-corrected chi connectivity index (χ0v) is 25.0. The zero-order chi connectivity index (χ0) is 24.7. The molecule has 0 saturated heterocycles. The topological polar surface area (TPSA) is 38.9 Å². The van der Waals surface area contributed by atoms with Crippen LogP contribution in [0.25, 0.3) is 22.8 Å². The van der Waals surface area contributed by atoms with Crippen LogP contribution < -0.4 is 0 Å². The Kier molecular flexibility index (Phi) is 13.4. The van der Waals surface area contributed by atoms with E-state index in [9.17, 15) is 0 Å². The Labute approximate surface area is 258 Å². The van der Waals surface area contributed by atoms with Crippen molar-refractivity contribution in [1.29, 1.82) is 0 Å². The van der Waals surface area contributed by atoms with Crippen LogP contribution in [0, 0.1) is 0 Å². The van der Waals surface area contributed by atoms with Gasteiger partial charge in [-0.1, -0.05) is 89.9 Å². The van der Waals surface area contributed by atoms with Crippen molar-refractivity contribution >= 4 is 60.4 Å². The van der Waals surface area contributed by atoms with E-state index in [0.29, 0.717) is 10.0 Å². The molecule has 0 radical (unpaired) electrons. The van der Waals surface area contributed by atoms with Crippen molar-refractivity contribution in [3.8, 4) is 22.8 Å². The lowest BCUT2D eigenvalue weighted by Gasteiger charge is -2.24. The molecule has 3 aromatic carbocycles. The van der Waals surface area contributed by atoms with E-state index in [4.69, 9.17) is 23.2 Å². The molecule has 0 atom stereocenters. The van der Waals surface area contributed by atoms with Crippen molar-refractivity contribution in [2.24, 2.45) is 0 Å². The molecule has 0 amide bonds. The molecule has 2 heterocycles. The molecular weight excluding hydrogens is 596 g/mol. The molecule has 10 heteroatoms. The Balaban J connectivity index is 0.00000178. The first kappa shape index (κ1) is 32.7. The predicted octanol–water partition coefficient (Wildman–Crippen LogP) is 8.19. The molecule has 0 aliphatic heterocycles. The van der Waals surface area contributed by atoms with Crippen LogP contribution >= 0.6 is 60.4 Å². The minimum Gasteiger partial charge on any atom is -0.330 e. The highest BCUT2D eigenvalue weighted by atomic mass is 35.5. The first-order valence-corrected chi connectivity index (χ1v) is 12.7. The molecule has 2 aromatic heterocycles. The van der Waals surface area contributed by atoms with E-state index in [1.165, 1.54) is 0 Å². The van der Waals surface area contributed by atoms with Crippen LogP contribution in [0.3, 0.4) is 0 Å². The number of nitrogens with zero attached hydrogens (tertiary/aromatic N) is 5. The van der Waals surface area contributed by atoms with Gasteiger partial charge in [-0.15, -0.1) is 37.2 Å². The maximum atomic E-state index is 6.54. The van der Waals surface area contributed by atoms with E-state index in [1.807, 2.05) is 79.4 Å². The Hall–Kier alpha value is -2.51. The monoisotopic (exact) mass is 623 g/mol. The summed E-state index contributed by atoms with van der Waals surface area (Å²) >= 11 is 12.7. The van der Waals surface area contributed by atoms with Crippen LogP contribution in [-0.4, -0.2) is 37.1 Å². The number of aromatic nitrogens is 4. The molecular formula is C29H30Cl5N5. The van der Waals surface area contributed by atoms with Crippen LogP contribution in [-0.2, 0) is 19.6 Å². The predicted molar refractivity (Wildman–Crippen MR) is 169 cm³/mol. The number of hydrogen-bond donors (Lipinski definition) is 0. The lowest BCUT2D eigenvalue weighted by molar-refractivity contribution is 0.245. The summed E-state index contributed by atoms with van der Waals surface area (Å²) in [4.78, 5) is 11.6. The molecule has 0 aliphatic rings. The number of halogens is 5. The second kappa shape index (κ2) is 15.9. The van der Waals surface area contributed by atoms with E-state index in [2.05, 4.69) is 48.3 Å². The van der Waals surface area contributed by atoms with Crippen LogP contribution in [0.5, 0.6) is 0 Å². The van der Waals surface area contributed by atoms with Crippen LogP contribution in [0.1, 0.15) is 5.56 Å². The molecule has 0 N–H and O–H groups in total. The van der Waals surface area contributed by atoms with Gasteiger partial charge in [0.05, 0.1) is 0 Å². The molecule has 0 aliphatic carbocycles. The SMILES string of the molecule is Cl.Cl.Cl.Clc1ccc(CN(CCn2ccnc2-c2ccccc2)CCn2ccnc2-c2ccccc2)c(Cl)c1. The largest absolute Gasteiger partial charge is 0.330 e. The molecule has 0 fully saturated rings. The average Bonchev–Trinajstić information content (AvgIpc) is 3.58. The quantitative estimate of drug-likeness (QED) is 0.157. The highest BCUT2D eigenvalue weighted by Crippen LogP contribution is 2.23. The maximum absolute atomic E-state index is 6.54. The average molecular weight is 626 g/mol. The van der Waals surface area contributed by atoms with Gasteiger partial charge in [0.15, 0.2) is 0 Å². The smallest absolute Gasteiger partial charge is 0.139 e. The summed E-state index contributed by atoms with van der Waals surface area (Å²) in [5.41, 5.74) is 3.28. The summed E-state index contributed by atoms with van der Waals surface area (Å²) in [6.45, 7) is 4.02. The fourth-order valence-corrected chi connectivity index (χ4v) is 4.80. The summed E-state index contributed by atoms with van der Waals surface area (Å²) in [5.74, 6) is 1.95. The minimum atomic E-state index is 0. The molecule has 5 rings (SSSR count). The fourth-order valence-electron chi connectivity index (χ4n) is 4.33. The van der Waals surface area contributed by atoms with Gasteiger partial charge in [-0.05, 0) is 17.7 Å². The molecule has 206 valence electrons. The van der Waals surface area contributed by atoms with E-state index in [0.717, 1.165) is 61.1 Å². The van der Waals surface area contributed by atoms with Crippen molar-refractivity contribution in [3.63, 3.8) is 0 Å². The van der Waals surface area contributed by atoms with Gasteiger partial charge in [-0.25, -0.2) is 9.97 Å². The minimum absolute atomic E-state index is 0. The van der Waals surface area contributed by atoms with Gasteiger partial charge < -0.3 is 9.13 Å². The Morgan fingerprint density at radius 3 is 1.59 bits per heavy atom. The van der Waals surface area contributed by atoms with Crippen molar-refractivity contribution in [3.05, 3.63) is 119 Å². The summed E-state index contributed by atoms with van der Waals surface area (Å²) in [5, 5.41) is 1.33. The van der Waals surface area contributed by atoms with Crippen LogP contribution in [0.2, 0.25) is 10.0 Å². The molecule has 0 unspecified atom stereocenters. The Morgan fingerprint density at radius 1 is 0.641 bits per heavy atom. The van der Waals surface area contributed by atoms with Crippen molar-refractivity contribution < 1.29 is 0 Å². The van der Waals surface area contributed by atoms with Crippen LogP contribution in [0.4, 0.5) is 0 Å². The Morgan fingerprint density at radius 2 is 1.13 bits per heavy atom. The first-order valence-electron chi connectivity index (χ1n) is 12.0. The standard InChI is InChI=1S/C29H27Cl2N5.3ClH/c30-26-12-11-25(27(31)21-26)22-34(17-19-35-15-13-32-28(35)23-7-3-1-4-8-23)18-20-36-16-14-33-29(36)24-9-5-2-6-10-24;;;/h1-16,21H,17-20,22H2;3*1H. The van der Waals surface area contributed by atoms with Gasteiger partial charge in [0, 0.05) is 78.7 Å². The van der Waals surface area contributed by atoms with E-state index < -0.39 is 0 Å². The van der Waals surface area contributed by atoms with Crippen molar-refractivity contribution in [2.75, 3.05) is 13.1 Å². The third-order valence-electron chi connectivity index (χ3n) is 6.22. The first-order chi connectivity index (χ1) is 17.7. The molecule has 5 nitrogen and oxygen atoms in total. The molecule has 0 bridgehead atoms. The van der Waals surface area contributed by atoms with E-state index in [1.54, 1.807) is 0 Å². The second-order valence-electron chi connectivity index (χ2n) is 8.63. The summed E-state index contributed by atoms with van der Waals surface area (Å²) in [6, 6.07) is 26.3. The Bertz CT molecular complexity index is 1320. The van der Waals surface area contributed by atoms with Crippen molar-refractivity contribution in [1.82, 2.24) is 24.0 Å². The highest BCUT2D eigenvalue weighted by Gasteiger charge is 2.13. The highest BCUT2D eigenvalue weighted by molar-refractivity contribution is 6.35. The molecule has 0 saturated carbocycles. The third kappa shape index (κ3) is 8.49. The molecule has 0 spiro atoms. The van der Waals surface area contributed by atoms with Gasteiger partial charge >= 0.3 is 0 Å². The zero-order valence-electron chi connectivity index (χ0n) is 21.1. The number of benzene rings is 3. The lowest BCUT2D eigenvalue weighted by Crippen LogP contribution is -2.30. The normalized spacial score (nSPS) is 10.4. The third-order valence-corrected chi connectivity index (χ3v) is 6.81. The summed E-state index contributed by atoms with van der Waals surface area (Å²) in [6.07, 6.45) is 7.80. The van der Waals surface area contributed by atoms with Crippen LogP contribution in [0.15, 0.2) is 104 Å². The molecule has 5 aromatic rings. The second-order valence-corrected chi connectivity index (χ2v) is 9.48.